The van der Waals surface area contributed by atoms with Crippen molar-refractivity contribution in [3.63, 3.8) is 0 Å². The lowest BCUT2D eigenvalue weighted by atomic mass is 9.95. The summed E-state index contributed by atoms with van der Waals surface area (Å²) in [5, 5.41) is 4.14. The molecule has 0 radical (unpaired) electrons. The lowest BCUT2D eigenvalue weighted by Gasteiger charge is -2.35. The van der Waals surface area contributed by atoms with Crippen LogP contribution in [0.1, 0.15) is 31.7 Å². The van der Waals surface area contributed by atoms with Crippen LogP contribution in [0.3, 0.4) is 0 Å². The van der Waals surface area contributed by atoms with Crippen LogP contribution in [0.4, 0.5) is 5.69 Å². The smallest absolute Gasteiger partial charge is 0.224 e. The number of aromatic nitrogens is 1. The molecule has 0 unspecified atom stereocenters. The van der Waals surface area contributed by atoms with Gasteiger partial charge in [-0.25, -0.2) is 0 Å². The summed E-state index contributed by atoms with van der Waals surface area (Å²) in [6.45, 7) is 6.64. The summed E-state index contributed by atoms with van der Waals surface area (Å²) in [4.78, 5) is 19.3. The Morgan fingerprint density at radius 1 is 1.44 bits per heavy atom. The maximum Gasteiger partial charge on any atom is 0.224 e. The number of para-hydroxylation sites is 1. The van der Waals surface area contributed by atoms with E-state index in [-0.39, 0.29) is 11.8 Å². The minimum absolute atomic E-state index is 0.0496. The number of fused-ring (bicyclic) bond motifs is 1. The van der Waals surface area contributed by atoms with Crippen LogP contribution in [0.25, 0.3) is 10.9 Å². The number of carbonyl (C=O) groups excluding carboxylic acids is 1. The number of benzene rings is 1. The standard InChI is InChI=1S/C20H27N3O2/c1-4-10-21-20(24)15-7-6-11-23(13-15)19-14(2)12-22-18-16(19)8-5-9-17(18)25-3/h5,8-9,12,15H,4,6-7,10-11,13H2,1-3H3,(H,21,24)/t15-/m1/s1. The van der Waals surface area contributed by atoms with Crippen molar-refractivity contribution in [2.75, 3.05) is 31.6 Å². The number of hydrogen-bond donors (Lipinski definition) is 1. The Hall–Kier alpha value is -2.30. The Morgan fingerprint density at radius 2 is 2.28 bits per heavy atom. The van der Waals surface area contributed by atoms with Crippen molar-refractivity contribution in [2.45, 2.75) is 33.1 Å². The number of ether oxygens (including phenoxy) is 1. The third kappa shape index (κ3) is 3.55. The van der Waals surface area contributed by atoms with Crippen LogP contribution in [0.5, 0.6) is 5.75 Å². The van der Waals surface area contributed by atoms with Crippen molar-refractivity contribution in [1.29, 1.82) is 0 Å². The van der Waals surface area contributed by atoms with Crippen molar-refractivity contribution in [1.82, 2.24) is 10.3 Å². The number of piperidine rings is 1. The van der Waals surface area contributed by atoms with Gasteiger partial charge in [0.1, 0.15) is 11.3 Å². The second-order valence-electron chi connectivity index (χ2n) is 6.72. The van der Waals surface area contributed by atoms with E-state index >= 15 is 0 Å². The molecule has 2 aromatic rings. The maximum atomic E-state index is 12.4. The number of amides is 1. The molecule has 1 aromatic carbocycles. The highest BCUT2D eigenvalue weighted by Gasteiger charge is 2.27. The number of pyridine rings is 1. The van der Waals surface area contributed by atoms with Crippen molar-refractivity contribution in [3.05, 3.63) is 30.0 Å². The number of rotatable bonds is 5. The molecular formula is C20H27N3O2. The van der Waals surface area contributed by atoms with E-state index in [1.165, 1.54) is 5.69 Å². The lowest BCUT2D eigenvalue weighted by molar-refractivity contribution is -0.125. The minimum Gasteiger partial charge on any atom is -0.494 e. The minimum atomic E-state index is 0.0496. The number of nitrogens with one attached hydrogen (secondary N) is 1. The maximum absolute atomic E-state index is 12.4. The summed E-state index contributed by atoms with van der Waals surface area (Å²) in [5.41, 5.74) is 3.19. The van der Waals surface area contributed by atoms with E-state index in [2.05, 4.69) is 35.1 Å². The van der Waals surface area contributed by atoms with Gasteiger partial charge in [0.25, 0.3) is 0 Å². The number of aryl methyl sites for hydroxylation is 1. The molecule has 1 atom stereocenters. The third-order valence-corrected chi connectivity index (χ3v) is 4.89. The van der Waals surface area contributed by atoms with Crippen LogP contribution < -0.4 is 15.0 Å². The predicted octanol–water partition coefficient (Wildman–Crippen LogP) is 3.29. The van der Waals surface area contributed by atoms with Gasteiger partial charge in [0.2, 0.25) is 5.91 Å². The molecule has 1 N–H and O–H groups in total. The number of anilines is 1. The lowest BCUT2D eigenvalue weighted by Crippen LogP contribution is -2.43. The van der Waals surface area contributed by atoms with E-state index in [4.69, 9.17) is 4.74 Å². The first kappa shape index (κ1) is 17.5. The molecule has 0 aliphatic carbocycles. The van der Waals surface area contributed by atoms with Gasteiger partial charge in [0.05, 0.1) is 18.7 Å². The van der Waals surface area contributed by atoms with Gasteiger partial charge < -0.3 is 15.0 Å². The fraction of sp³-hybridized carbons (Fsp3) is 0.500. The number of hydrogen-bond acceptors (Lipinski definition) is 4. The first-order chi connectivity index (χ1) is 12.2. The molecule has 1 fully saturated rings. The molecule has 0 bridgehead atoms. The molecule has 1 saturated heterocycles. The monoisotopic (exact) mass is 341 g/mol. The fourth-order valence-corrected chi connectivity index (χ4v) is 3.65. The Kier molecular flexibility index (Phi) is 5.41. The molecule has 3 rings (SSSR count). The first-order valence-corrected chi connectivity index (χ1v) is 9.10. The molecule has 0 spiro atoms. The normalized spacial score (nSPS) is 17.6. The molecule has 25 heavy (non-hydrogen) atoms. The Morgan fingerprint density at radius 3 is 3.04 bits per heavy atom. The zero-order chi connectivity index (χ0) is 17.8. The Bertz CT molecular complexity index is 760. The summed E-state index contributed by atoms with van der Waals surface area (Å²) >= 11 is 0. The van der Waals surface area contributed by atoms with E-state index in [1.807, 2.05) is 18.3 Å². The Labute approximate surface area is 149 Å². The van der Waals surface area contributed by atoms with Gasteiger partial charge in [-0.1, -0.05) is 19.1 Å². The summed E-state index contributed by atoms with van der Waals surface area (Å²) in [6, 6.07) is 6.03. The van der Waals surface area contributed by atoms with Crippen LogP contribution >= 0.6 is 0 Å². The quantitative estimate of drug-likeness (QED) is 0.907. The van der Waals surface area contributed by atoms with Crippen molar-refractivity contribution in [2.24, 2.45) is 5.92 Å². The van der Waals surface area contributed by atoms with Crippen molar-refractivity contribution >= 4 is 22.5 Å². The second-order valence-corrected chi connectivity index (χ2v) is 6.72. The van der Waals surface area contributed by atoms with Crippen LogP contribution in [0.2, 0.25) is 0 Å². The SMILES string of the molecule is CCCNC(=O)[C@@H]1CCCN(c2c(C)cnc3c(OC)cccc23)C1. The summed E-state index contributed by atoms with van der Waals surface area (Å²) in [7, 11) is 1.67. The van der Waals surface area contributed by atoms with E-state index in [9.17, 15) is 4.79 Å². The third-order valence-electron chi connectivity index (χ3n) is 4.89. The van der Waals surface area contributed by atoms with Gasteiger partial charge >= 0.3 is 0 Å². The topological polar surface area (TPSA) is 54.5 Å². The number of methoxy groups -OCH3 is 1. The summed E-state index contributed by atoms with van der Waals surface area (Å²) in [6.07, 6.45) is 4.85. The van der Waals surface area contributed by atoms with Crippen LogP contribution in [0, 0.1) is 12.8 Å². The molecule has 5 heteroatoms. The van der Waals surface area contributed by atoms with E-state index < -0.39 is 0 Å². The highest BCUT2D eigenvalue weighted by Crippen LogP contribution is 2.35. The van der Waals surface area contributed by atoms with Gasteiger partial charge in [-0.3, -0.25) is 9.78 Å². The first-order valence-electron chi connectivity index (χ1n) is 9.10. The van der Waals surface area contributed by atoms with Crippen LogP contribution in [0.15, 0.2) is 24.4 Å². The predicted molar refractivity (Wildman–Crippen MR) is 101 cm³/mol. The van der Waals surface area contributed by atoms with Gasteiger partial charge in [0.15, 0.2) is 0 Å². The number of nitrogens with zero attached hydrogens (tertiary/aromatic N) is 2. The fourth-order valence-electron chi connectivity index (χ4n) is 3.65. The van der Waals surface area contributed by atoms with Gasteiger partial charge in [-0.2, -0.15) is 0 Å². The van der Waals surface area contributed by atoms with Crippen LogP contribution in [-0.2, 0) is 4.79 Å². The van der Waals surface area contributed by atoms with Gasteiger partial charge in [-0.15, -0.1) is 0 Å². The molecule has 1 amide bonds. The van der Waals surface area contributed by atoms with Crippen molar-refractivity contribution < 1.29 is 9.53 Å². The zero-order valence-electron chi connectivity index (χ0n) is 15.3. The second kappa shape index (κ2) is 7.72. The van der Waals surface area contributed by atoms with E-state index in [0.29, 0.717) is 0 Å². The van der Waals surface area contributed by atoms with Gasteiger partial charge in [0, 0.05) is 31.2 Å². The number of carbonyl (C=O) groups is 1. The van der Waals surface area contributed by atoms with Crippen LogP contribution in [-0.4, -0.2) is 37.6 Å². The summed E-state index contributed by atoms with van der Waals surface area (Å²) in [5.74, 6) is 1.02. The zero-order valence-corrected chi connectivity index (χ0v) is 15.3. The van der Waals surface area contributed by atoms with E-state index in [1.54, 1.807) is 7.11 Å². The molecule has 1 aliphatic rings. The Balaban J connectivity index is 1.93. The van der Waals surface area contributed by atoms with Crippen molar-refractivity contribution in [3.8, 4) is 5.75 Å². The largest absolute Gasteiger partial charge is 0.494 e. The highest BCUT2D eigenvalue weighted by molar-refractivity contribution is 5.96. The molecule has 0 saturated carbocycles. The molecule has 5 nitrogen and oxygen atoms in total. The average molecular weight is 341 g/mol. The highest BCUT2D eigenvalue weighted by atomic mass is 16.5. The molecule has 134 valence electrons. The molecular weight excluding hydrogens is 314 g/mol. The summed E-state index contributed by atoms with van der Waals surface area (Å²) < 4.78 is 5.47. The average Bonchev–Trinajstić information content (AvgIpc) is 2.65. The molecule has 1 aliphatic heterocycles. The van der Waals surface area contributed by atoms with Gasteiger partial charge in [-0.05, 0) is 37.8 Å². The molecule has 1 aromatic heterocycles. The van der Waals surface area contributed by atoms with E-state index in [0.717, 1.165) is 61.1 Å². The molecule has 2 heterocycles.